The second kappa shape index (κ2) is 7.65. The Morgan fingerprint density at radius 1 is 1.53 bits per heavy atom. The van der Waals surface area contributed by atoms with Gasteiger partial charge in [-0.1, -0.05) is 19.4 Å². The molecule has 1 aliphatic rings. The van der Waals surface area contributed by atoms with Crippen molar-refractivity contribution in [2.24, 2.45) is 0 Å². The predicted octanol–water partition coefficient (Wildman–Crippen LogP) is 2.67. The zero-order valence-corrected chi connectivity index (χ0v) is 12.5. The molecule has 0 spiro atoms. The lowest BCUT2D eigenvalue weighted by Gasteiger charge is -2.30. The third-order valence-corrected chi connectivity index (χ3v) is 4.48. The normalized spacial score (nSPS) is 19.3. The minimum atomic E-state index is 0.275. The van der Waals surface area contributed by atoms with Gasteiger partial charge in [0.25, 0.3) is 0 Å². The van der Waals surface area contributed by atoms with Crippen LogP contribution in [0.4, 0.5) is 0 Å². The average molecular weight is 280 g/mol. The summed E-state index contributed by atoms with van der Waals surface area (Å²) < 4.78 is 0. The van der Waals surface area contributed by atoms with E-state index in [1.165, 1.54) is 24.1 Å². The van der Waals surface area contributed by atoms with Crippen LogP contribution in [0.3, 0.4) is 0 Å². The number of carbonyl (C=O) groups is 1. The van der Waals surface area contributed by atoms with Crippen LogP contribution in [-0.4, -0.2) is 36.5 Å². The average Bonchev–Trinajstić information content (AvgIpc) is 2.92. The van der Waals surface area contributed by atoms with E-state index < -0.39 is 0 Å². The topological polar surface area (TPSA) is 32.3 Å². The molecule has 1 unspecified atom stereocenters. The van der Waals surface area contributed by atoms with Crippen molar-refractivity contribution >= 4 is 17.2 Å². The van der Waals surface area contributed by atoms with Crippen LogP contribution in [0.2, 0.25) is 0 Å². The summed E-state index contributed by atoms with van der Waals surface area (Å²) in [5.41, 5.74) is 0. The lowest BCUT2D eigenvalue weighted by atomic mass is 10.0. The van der Waals surface area contributed by atoms with Gasteiger partial charge in [0, 0.05) is 24.0 Å². The Labute approximate surface area is 120 Å². The Balaban J connectivity index is 1.88. The Morgan fingerprint density at radius 2 is 2.42 bits per heavy atom. The van der Waals surface area contributed by atoms with Gasteiger partial charge in [0.05, 0.1) is 6.42 Å². The van der Waals surface area contributed by atoms with Crippen LogP contribution in [0, 0.1) is 0 Å². The first-order chi connectivity index (χ1) is 9.29. The number of rotatable bonds is 6. The van der Waals surface area contributed by atoms with Gasteiger partial charge in [0.2, 0.25) is 5.91 Å². The summed E-state index contributed by atoms with van der Waals surface area (Å²) in [6.45, 7) is 4.99. The number of nitrogens with one attached hydrogen (secondary N) is 1. The molecule has 1 saturated heterocycles. The van der Waals surface area contributed by atoms with E-state index in [-0.39, 0.29) is 5.91 Å². The summed E-state index contributed by atoms with van der Waals surface area (Å²) in [5, 5.41) is 5.57. The van der Waals surface area contributed by atoms with E-state index in [1.807, 2.05) is 22.4 Å². The molecule has 2 rings (SSSR count). The molecule has 1 aromatic heterocycles. The van der Waals surface area contributed by atoms with Gasteiger partial charge in [-0.15, -0.1) is 11.3 Å². The highest BCUT2D eigenvalue weighted by Gasteiger charge is 2.20. The minimum absolute atomic E-state index is 0.275. The summed E-state index contributed by atoms with van der Waals surface area (Å²) in [4.78, 5) is 15.6. The van der Waals surface area contributed by atoms with Gasteiger partial charge in [-0.3, -0.25) is 4.79 Å². The van der Waals surface area contributed by atoms with E-state index in [4.69, 9.17) is 0 Å². The first-order valence-electron chi connectivity index (χ1n) is 7.33. The predicted molar refractivity (Wildman–Crippen MR) is 80.5 cm³/mol. The molecular formula is C15H24N2OS. The summed E-state index contributed by atoms with van der Waals surface area (Å²) >= 11 is 1.67. The maximum Gasteiger partial charge on any atom is 0.227 e. The summed E-state index contributed by atoms with van der Waals surface area (Å²) in [7, 11) is 0. The molecule has 4 heteroatoms. The number of nitrogens with zero attached hydrogens (tertiary/aromatic N) is 1. The van der Waals surface area contributed by atoms with E-state index in [0.29, 0.717) is 12.5 Å². The van der Waals surface area contributed by atoms with E-state index in [1.54, 1.807) is 11.3 Å². The smallest absolute Gasteiger partial charge is 0.227 e. The van der Waals surface area contributed by atoms with Gasteiger partial charge >= 0.3 is 0 Å². The summed E-state index contributed by atoms with van der Waals surface area (Å²) in [6.07, 6.45) is 5.35. The van der Waals surface area contributed by atoms with Crippen molar-refractivity contribution in [3.63, 3.8) is 0 Å². The highest BCUT2D eigenvalue weighted by atomic mass is 32.1. The number of carbonyl (C=O) groups excluding carboxylic acids is 1. The number of hydrogen-bond donors (Lipinski definition) is 1. The van der Waals surface area contributed by atoms with Crippen molar-refractivity contribution in [1.82, 2.24) is 10.2 Å². The molecule has 1 atom stereocenters. The quantitative estimate of drug-likeness (QED) is 0.869. The summed E-state index contributed by atoms with van der Waals surface area (Å²) in [5.74, 6) is 0.275. The Hall–Kier alpha value is -0.870. The first kappa shape index (κ1) is 14.5. The molecule has 1 aliphatic heterocycles. The van der Waals surface area contributed by atoms with Crippen LogP contribution in [-0.2, 0) is 11.2 Å². The molecule has 1 fully saturated rings. The Kier molecular flexibility index (Phi) is 5.86. The van der Waals surface area contributed by atoms with E-state index in [9.17, 15) is 4.79 Å². The number of amides is 1. The van der Waals surface area contributed by atoms with Crippen LogP contribution in [0.5, 0.6) is 0 Å². The molecule has 0 radical (unpaired) electrons. The van der Waals surface area contributed by atoms with Crippen LogP contribution >= 0.6 is 11.3 Å². The van der Waals surface area contributed by atoms with Crippen molar-refractivity contribution in [2.75, 3.05) is 19.6 Å². The lowest BCUT2D eigenvalue weighted by Crippen LogP contribution is -2.46. The molecule has 0 bridgehead atoms. The van der Waals surface area contributed by atoms with Crippen molar-refractivity contribution in [3.8, 4) is 0 Å². The van der Waals surface area contributed by atoms with Crippen molar-refractivity contribution in [2.45, 2.75) is 45.1 Å². The van der Waals surface area contributed by atoms with Crippen LogP contribution < -0.4 is 5.32 Å². The van der Waals surface area contributed by atoms with Crippen molar-refractivity contribution in [1.29, 1.82) is 0 Å². The molecule has 106 valence electrons. The third kappa shape index (κ3) is 4.62. The number of thiophene rings is 1. The van der Waals surface area contributed by atoms with Crippen LogP contribution in [0.1, 0.15) is 37.5 Å². The molecule has 1 aromatic rings. The van der Waals surface area contributed by atoms with Crippen LogP contribution in [0.15, 0.2) is 17.5 Å². The second-order valence-corrected chi connectivity index (χ2v) is 6.27. The van der Waals surface area contributed by atoms with Gasteiger partial charge < -0.3 is 10.2 Å². The molecule has 19 heavy (non-hydrogen) atoms. The standard InChI is InChI=1S/C15H24N2OS/c1-2-9-17(12-13-6-3-4-8-16-13)15(18)11-14-7-5-10-19-14/h5,7,10,13,16H,2-4,6,8-9,11-12H2,1H3. The van der Waals surface area contributed by atoms with E-state index in [2.05, 4.69) is 12.2 Å². The molecule has 1 amide bonds. The van der Waals surface area contributed by atoms with Gasteiger partial charge in [0.1, 0.15) is 0 Å². The maximum absolute atomic E-state index is 12.4. The molecule has 0 aliphatic carbocycles. The van der Waals surface area contributed by atoms with Crippen molar-refractivity contribution < 1.29 is 4.79 Å². The molecule has 3 nitrogen and oxygen atoms in total. The van der Waals surface area contributed by atoms with E-state index >= 15 is 0 Å². The molecule has 0 saturated carbocycles. The molecule has 2 heterocycles. The first-order valence-corrected chi connectivity index (χ1v) is 8.21. The zero-order chi connectivity index (χ0) is 13.5. The molecule has 0 aromatic carbocycles. The highest BCUT2D eigenvalue weighted by molar-refractivity contribution is 7.10. The fraction of sp³-hybridized carbons (Fsp3) is 0.667. The molecule has 1 N–H and O–H groups in total. The van der Waals surface area contributed by atoms with Crippen molar-refractivity contribution in [3.05, 3.63) is 22.4 Å². The Bertz CT molecular complexity index is 372. The highest BCUT2D eigenvalue weighted by Crippen LogP contribution is 2.13. The fourth-order valence-corrected chi connectivity index (χ4v) is 3.30. The second-order valence-electron chi connectivity index (χ2n) is 5.24. The summed E-state index contributed by atoms with van der Waals surface area (Å²) in [6, 6.07) is 4.55. The molecular weight excluding hydrogens is 256 g/mol. The van der Waals surface area contributed by atoms with Crippen LogP contribution in [0.25, 0.3) is 0 Å². The maximum atomic E-state index is 12.4. The fourth-order valence-electron chi connectivity index (χ4n) is 2.61. The monoisotopic (exact) mass is 280 g/mol. The van der Waals surface area contributed by atoms with Gasteiger partial charge in [-0.25, -0.2) is 0 Å². The number of hydrogen-bond acceptors (Lipinski definition) is 3. The van der Waals surface area contributed by atoms with Gasteiger partial charge in [-0.05, 0) is 37.3 Å². The largest absolute Gasteiger partial charge is 0.341 e. The van der Waals surface area contributed by atoms with Gasteiger partial charge in [-0.2, -0.15) is 0 Å². The number of piperidine rings is 1. The van der Waals surface area contributed by atoms with E-state index in [0.717, 1.165) is 26.1 Å². The lowest BCUT2D eigenvalue weighted by molar-refractivity contribution is -0.130. The third-order valence-electron chi connectivity index (χ3n) is 3.60. The Morgan fingerprint density at radius 3 is 3.05 bits per heavy atom. The SMILES string of the molecule is CCCN(CC1CCCCN1)C(=O)Cc1cccs1. The minimum Gasteiger partial charge on any atom is -0.341 e. The van der Waals surface area contributed by atoms with Gasteiger partial charge in [0.15, 0.2) is 0 Å². The zero-order valence-electron chi connectivity index (χ0n) is 11.7.